The topological polar surface area (TPSA) is 50.8 Å². The minimum Gasteiger partial charge on any atom is -0.497 e. The summed E-state index contributed by atoms with van der Waals surface area (Å²) in [5.41, 5.74) is 3.42. The summed E-state index contributed by atoms with van der Waals surface area (Å²) in [5, 5.41) is 3.03. The third-order valence-corrected chi connectivity index (χ3v) is 5.12. The van der Waals surface area contributed by atoms with E-state index in [1.165, 1.54) is 5.56 Å². The first-order valence-electron chi connectivity index (χ1n) is 9.39. The number of aryl methyl sites for hydroxylation is 1. The first-order valence-corrected chi connectivity index (χ1v) is 9.39. The highest BCUT2D eigenvalue weighted by Gasteiger charge is 2.30. The number of nitrogens with zero attached hydrogens (tertiary/aromatic N) is 1. The smallest absolute Gasteiger partial charge is 0.234 e. The number of carbonyl (C=O) groups excluding carboxylic acids is 1. The Hall–Kier alpha value is -2.53. The SMILES string of the molecule is COc1ccc(OC)c([C@H]2CCCN2CC(=O)NCc2ccc(C)cc2)c1. The van der Waals surface area contributed by atoms with Crippen LogP contribution < -0.4 is 14.8 Å². The van der Waals surface area contributed by atoms with Gasteiger partial charge in [0.05, 0.1) is 20.8 Å². The molecule has 0 aromatic heterocycles. The van der Waals surface area contributed by atoms with Gasteiger partial charge in [-0.2, -0.15) is 0 Å². The van der Waals surface area contributed by atoms with E-state index in [4.69, 9.17) is 9.47 Å². The lowest BCUT2D eigenvalue weighted by Crippen LogP contribution is -2.36. The van der Waals surface area contributed by atoms with Crippen molar-refractivity contribution >= 4 is 5.91 Å². The monoisotopic (exact) mass is 368 g/mol. The Morgan fingerprint density at radius 2 is 1.93 bits per heavy atom. The van der Waals surface area contributed by atoms with Crippen LogP contribution in [0.25, 0.3) is 0 Å². The van der Waals surface area contributed by atoms with E-state index in [0.717, 1.165) is 42.0 Å². The minimum absolute atomic E-state index is 0.0457. The van der Waals surface area contributed by atoms with Crippen LogP contribution in [-0.2, 0) is 11.3 Å². The van der Waals surface area contributed by atoms with Crippen molar-refractivity contribution in [1.82, 2.24) is 10.2 Å². The number of ether oxygens (including phenoxy) is 2. The van der Waals surface area contributed by atoms with Gasteiger partial charge in [0.25, 0.3) is 0 Å². The van der Waals surface area contributed by atoms with Crippen LogP contribution in [0.1, 0.15) is 35.6 Å². The van der Waals surface area contributed by atoms with Gasteiger partial charge in [-0.3, -0.25) is 9.69 Å². The van der Waals surface area contributed by atoms with Gasteiger partial charge in [0.15, 0.2) is 0 Å². The van der Waals surface area contributed by atoms with Crippen molar-refractivity contribution in [1.29, 1.82) is 0 Å². The Labute approximate surface area is 161 Å². The summed E-state index contributed by atoms with van der Waals surface area (Å²) in [4.78, 5) is 14.7. The average molecular weight is 368 g/mol. The molecule has 1 N–H and O–H groups in total. The predicted octanol–water partition coefficient (Wildman–Crippen LogP) is 3.47. The molecule has 5 nitrogen and oxygen atoms in total. The number of likely N-dealkylation sites (tertiary alicyclic amines) is 1. The van der Waals surface area contributed by atoms with E-state index in [9.17, 15) is 4.79 Å². The minimum atomic E-state index is 0.0457. The molecule has 1 saturated heterocycles. The molecule has 0 spiro atoms. The number of nitrogens with one attached hydrogen (secondary N) is 1. The summed E-state index contributed by atoms with van der Waals surface area (Å²) in [6.07, 6.45) is 2.07. The fourth-order valence-electron chi connectivity index (χ4n) is 3.61. The Morgan fingerprint density at radius 1 is 1.15 bits per heavy atom. The maximum Gasteiger partial charge on any atom is 0.234 e. The summed E-state index contributed by atoms with van der Waals surface area (Å²) < 4.78 is 10.9. The first-order chi connectivity index (χ1) is 13.1. The number of carbonyl (C=O) groups is 1. The lowest BCUT2D eigenvalue weighted by atomic mass is 10.0. The molecule has 1 atom stereocenters. The Bertz CT molecular complexity index is 774. The van der Waals surface area contributed by atoms with Crippen molar-refractivity contribution < 1.29 is 14.3 Å². The maximum atomic E-state index is 12.5. The number of rotatable bonds is 7. The van der Waals surface area contributed by atoms with Gasteiger partial charge >= 0.3 is 0 Å². The third kappa shape index (κ3) is 4.80. The van der Waals surface area contributed by atoms with Crippen molar-refractivity contribution in [3.05, 3.63) is 59.2 Å². The van der Waals surface area contributed by atoms with E-state index in [1.54, 1.807) is 14.2 Å². The van der Waals surface area contributed by atoms with Gasteiger partial charge in [0.1, 0.15) is 11.5 Å². The van der Waals surface area contributed by atoms with Crippen LogP contribution in [0, 0.1) is 6.92 Å². The standard InChI is InChI=1S/C22H28N2O3/c1-16-6-8-17(9-7-16)14-23-22(25)15-24-12-4-5-20(24)19-13-18(26-2)10-11-21(19)27-3/h6-11,13,20H,4-5,12,14-15H2,1-3H3,(H,23,25)/t20-/m1/s1. The quantitative estimate of drug-likeness (QED) is 0.813. The van der Waals surface area contributed by atoms with Crippen molar-refractivity contribution in [2.24, 2.45) is 0 Å². The van der Waals surface area contributed by atoms with Gasteiger partial charge in [0, 0.05) is 18.2 Å². The normalized spacial score (nSPS) is 16.9. The van der Waals surface area contributed by atoms with Gasteiger partial charge < -0.3 is 14.8 Å². The zero-order chi connectivity index (χ0) is 19.2. The molecule has 5 heteroatoms. The van der Waals surface area contributed by atoms with Gasteiger partial charge in [0.2, 0.25) is 5.91 Å². The van der Waals surface area contributed by atoms with Gasteiger partial charge in [-0.25, -0.2) is 0 Å². The molecule has 3 rings (SSSR count). The van der Waals surface area contributed by atoms with E-state index in [-0.39, 0.29) is 11.9 Å². The zero-order valence-corrected chi connectivity index (χ0v) is 16.3. The molecule has 0 radical (unpaired) electrons. The van der Waals surface area contributed by atoms with Gasteiger partial charge in [-0.1, -0.05) is 29.8 Å². The van der Waals surface area contributed by atoms with Crippen LogP contribution in [-0.4, -0.2) is 38.1 Å². The molecule has 27 heavy (non-hydrogen) atoms. The molecular formula is C22H28N2O3. The Morgan fingerprint density at radius 3 is 2.63 bits per heavy atom. The molecule has 0 unspecified atom stereocenters. The van der Waals surface area contributed by atoms with Crippen LogP contribution in [0.2, 0.25) is 0 Å². The second-order valence-corrected chi connectivity index (χ2v) is 7.00. The number of hydrogen-bond donors (Lipinski definition) is 1. The van der Waals surface area contributed by atoms with Gasteiger partial charge in [-0.05, 0) is 50.1 Å². The number of methoxy groups -OCH3 is 2. The fourth-order valence-corrected chi connectivity index (χ4v) is 3.61. The summed E-state index contributed by atoms with van der Waals surface area (Å²) >= 11 is 0. The summed E-state index contributed by atoms with van der Waals surface area (Å²) in [5.74, 6) is 1.69. The zero-order valence-electron chi connectivity index (χ0n) is 16.3. The number of amides is 1. The van der Waals surface area contributed by atoms with Gasteiger partial charge in [-0.15, -0.1) is 0 Å². The Kier molecular flexibility index (Phi) is 6.35. The van der Waals surface area contributed by atoms with Crippen LogP contribution in [0.4, 0.5) is 0 Å². The molecule has 1 fully saturated rings. The molecule has 2 aromatic rings. The summed E-state index contributed by atoms with van der Waals surface area (Å²) in [6, 6.07) is 14.2. The molecule has 1 aliphatic rings. The molecule has 1 heterocycles. The lowest BCUT2D eigenvalue weighted by molar-refractivity contribution is -0.122. The number of hydrogen-bond acceptors (Lipinski definition) is 4. The largest absolute Gasteiger partial charge is 0.497 e. The van der Waals surface area contributed by atoms with E-state index < -0.39 is 0 Å². The molecule has 1 amide bonds. The van der Waals surface area contributed by atoms with Crippen molar-refractivity contribution in [3.8, 4) is 11.5 Å². The van der Waals surface area contributed by atoms with Crippen LogP contribution in [0.3, 0.4) is 0 Å². The van der Waals surface area contributed by atoms with Crippen molar-refractivity contribution in [2.45, 2.75) is 32.4 Å². The van der Waals surface area contributed by atoms with Crippen LogP contribution in [0.15, 0.2) is 42.5 Å². The number of benzene rings is 2. The van der Waals surface area contributed by atoms with Crippen LogP contribution >= 0.6 is 0 Å². The highest BCUT2D eigenvalue weighted by Crippen LogP contribution is 2.38. The molecule has 0 aliphatic carbocycles. The predicted molar refractivity (Wildman–Crippen MR) is 106 cm³/mol. The average Bonchev–Trinajstić information content (AvgIpc) is 3.14. The molecular weight excluding hydrogens is 340 g/mol. The molecule has 144 valence electrons. The maximum absolute atomic E-state index is 12.5. The highest BCUT2D eigenvalue weighted by atomic mass is 16.5. The summed E-state index contributed by atoms with van der Waals surface area (Å²) in [6.45, 7) is 3.91. The molecule has 0 saturated carbocycles. The van der Waals surface area contributed by atoms with Crippen molar-refractivity contribution in [2.75, 3.05) is 27.3 Å². The second-order valence-electron chi connectivity index (χ2n) is 7.00. The fraction of sp³-hybridized carbons (Fsp3) is 0.409. The lowest BCUT2D eigenvalue weighted by Gasteiger charge is -2.26. The van der Waals surface area contributed by atoms with E-state index >= 15 is 0 Å². The molecule has 0 bridgehead atoms. The molecule has 1 aliphatic heterocycles. The first kappa shape index (κ1) is 19.2. The summed E-state index contributed by atoms with van der Waals surface area (Å²) in [7, 11) is 3.34. The highest BCUT2D eigenvalue weighted by molar-refractivity contribution is 5.78. The van der Waals surface area contributed by atoms with E-state index in [0.29, 0.717) is 13.1 Å². The van der Waals surface area contributed by atoms with Crippen molar-refractivity contribution in [3.63, 3.8) is 0 Å². The van der Waals surface area contributed by atoms with Crippen LogP contribution in [0.5, 0.6) is 11.5 Å². The Balaban J connectivity index is 1.64. The third-order valence-electron chi connectivity index (χ3n) is 5.12. The second kappa shape index (κ2) is 8.91. The van der Waals surface area contributed by atoms with E-state index in [1.807, 2.05) is 18.2 Å². The molecule has 2 aromatic carbocycles. The van der Waals surface area contributed by atoms with E-state index in [2.05, 4.69) is 41.4 Å².